The van der Waals surface area contributed by atoms with Gasteiger partial charge in [0.2, 0.25) is 0 Å². The molecular formula is C13H12ClNO. The molecule has 2 aromatic carbocycles. The van der Waals surface area contributed by atoms with Crippen molar-refractivity contribution < 1.29 is 4.74 Å². The molecule has 0 saturated carbocycles. The van der Waals surface area contributed by atoms with Gasteiger partial charge in [0.1, 0.15) is 11.5 Å². The van der Waals surface area contributed by atoms with Gasteiger partial charge in [-0.05, 0) is 29.8 Å². The Hall–Kier alpha value is -1.51. The number of hydrogen-bond acceptors (Lipinski definition) is 2. The van der Waals surface area contributed by atoms with Crippen LogP contribution < -0.4 is 10.5 Å². The van der Waals surface area contributed by atoms with Gasteiger partial charge in [-0.25, -0.2) is 0 Å². The van der Waals surface area contributed by atoms with Crippen LogP contribution >= 0.6 is 11.6 Å². The molecule has 3 heteroatoms. The SMILES string of the molecule is NCc1ccc(Cl)c(Oc2ccccc2)c1. The van der Waals surface area contributed by atoms with E-state index >= 15 is 0 Å². The van der Waals surface area contributed by atoms with Gasteiger partial charge in [-0.15, -0.1) is 0 Å². The van der Waals surface area contributed by atoms with Crippen LogP contribution in [0.25, 0.3) is 0 Å². The third-order valence-electron chi connectivity index (χ3n) is 2.20. The van der Waals surface area contributed by atoms with Crippen LogP contribution in [0.4, 0.5) is 0 Å². The maximum Gasteiger partial charge on any atom is 0.146 e. The Balaban J connectivity index is 2.27. The first kappa shape index (κ1) is 11.0. The molecule has 0 saturated heterocycles. The van der Waals surface area contributed by atoms with E-state index in [0.717, 1.165) is 11.3 Å². The van der Waals surface area contributed by atoms with Crippen molar-refractivity contribution in [3.05, 3.63) is 59.1 Å². The summed E-state index contributed by atoms with van der Waals surface area (Å²) in [5, 5.41) is 0.584. The Morgan fingerprint density at radius 3 is 2.50 bits per heavy atom. The van der Waals surface area contributed by atoms with E-state index in [1.165, 1.54) is 0 Å². The van der Waals surface area contributed by atoms with E-state index in [-0.39, 0.29) is 0 Å². The Kier molecular flexibility index (Phi) is 3.44. The summed E-state index contributed by atoms with van der Waals surface area (Å²) in [5.74, 6) is 1.40. The zero-order valence-electron chi connectivity index (χ0n) is 8.69. The summed E-state index contributed by atoms with van der Waals surface area (Å²) in [6.45, 7) is 0.475. The Bertz CT molecular complexity index is 471. The quantitative estimate of drug-likeness (QED) is 0.879. The third kappa shape index (κ3) is 2.54. The molecule has 0 atom stereocenters. The van der Waals surface area contributed by atoms with Gasteiger partial charge in [0.05, 0.1) is 5.02 Å². The minimum absolute atomic E-state index is 0.475. The lowest BCUT2D eigenvalue weighted by molar-refractivity contribution is 0.482. The van der Waals surface area contributed by atoms with E-state index < -0.39 is 0 Å². The molecule has 0 heterocycles. The van der Waals surface area contributed by atoms with Crippen molar-refractivity contribution in [3.8, 4) is 11.5 Å². The molecule has 2 aromatic rings. The van der Waals surface area contributed by atoms with E-state index in [1.807, 2.05) is 42.5 Å². The van der Waals surface area contributed by atoms with Crippen LogP contribution in [0.2, 0.25) is 5.02 Å². The van der Waals surface area contributed by atoms with Crippen LogP contribution in [0.3, 0.4) is 0 Å². The number of para-hydroxylation sites is 1. The molecule has 2 rings (SSSR count). The van der Waals surface area contributed by atoms with Gasteiger partial charge >= 0.3 is 0 Å². The van der Waals surface area contributed by atoms with E-state index in [1.54, 1.807) is 6.07 Å². The molecule has 0 aromatic heterocycles. The summed E-state index contributed by atoms with van der Waals surface area (Å²) >= 11 is 6.04. The highest BCUT2D eigenvalue weighted by Crippen LogP contribution is 2.29. The van der Waals surface area contributed by atoms with Gasteiger partial charge in [-0.1, -0.05) is 35.9 Å². The number of ether oxygens (including phenoxy) is 1. The standard InChI is InChI=1S/C13H12ClNO/c14-12-7-6-10(9-15)8-13(12)16-11-4-2-1-3-5-11/h1-8H,9,15H2. The molecule has 82 valence electrons. The van der Waals surface area contributed by atoms with Crippen LogP contribution in [-0.2, 0) is 6.54 Å². The van der Waals surface area contributed by atoms with Crippen molar-refractivity contribution in [2.45, 2.75) is 6.54 Å². The molecule has 0 unspecified atom stereocenters. The lowest BCUT2D eigenvalue weighted by Gasteiger charge is -2.08. The minimum atomic E-state index is 0.475. The van der Waals surface area contributed by atoms with E-state index in [2.05, 4.69) is 0 Å². The molecule has 2 N–H and O–H groups in total. The largest absolute Gasteiger partial charge is 0.456 e. The molecule has 0 amide bonds. The second-order valence-corrected chi connectivity index (χ2v) is 3.79. The molecule has 0 bridgehead atoms. The average molecular weight is 234 g/mol. The minimum Gasteiger partial charge on any atom is -0.456 e. The summed E-state index contributed by atoms with van der Waals surface area (Å²) in [7, 11) is 0. The molecule has 0 aliphatic rings. The molecule has 0 aliphatic heterocycles. The van der Waals surface area contributed by atoms with Crippen molar-refractivity contribution in [2.24, 2.45) is 5.73 Å². The highest BCUT2D eigenvalue weighted by atomic mass is 35.5. The van der Waals surface area contributed by atoms with Crippen LogP contribution in [0.5, 0.6) is 11.5 Å². The number of rotatable bonds is 3. The van der Waals surface area contributed by atoms with Crippen LogP contribution in [-0.4, -0.2) is 0 Å². The monoisotopic (exact) mass is 233 g/mol. The average Bonchev–Trinajstić information content (AvgIpc) is 2.33. The third-order valence-corrected chi connectivity index (χ3v) is 2.51. The van der Waals surface area contributed by atoms with Crippen molar-refractivity contribution in [1.82, 2.24) is 0 Å². The zero-order chi connectivity index (χ0) is 11.4. The zero-order valence-corrected chi connectivity index (χ0v) is 9.45. The van der Waals surface area contributed by atoms with Gasteiger partial charge < -0.3 is 10.5 Å². The first-order valence-electron chi connectivity index (χ1n) is 5.01. The summed E-state index contributed by atoms with van der Waals surface area (Å²) in [4.78, 5) is 0. The highest BCUT2D eigenvalue weighted by molar-refractivity contribution is 6.32. The normalized spacial score (nSPS) is 10.1. The lowest BCUT2D eigenvalue weighted by Crippen LogP contribution is -1.96. The number of benzene rings is 2. The Morgan fingerprint density at radius 1 is 1.06 bits per heavy atom. The number of hydrogen-bond donors (Lipinski definition) is 1. The first-order chi connectivity index (χ1) is 7.79. The number of nitrogens with two attached hydrogens (primary N) is 1. The fourth-order valence-electron chi connectivity index (χ4n) is 1.37. The van der Waals surface area contributed by atoms with Crippen LogP contribution in [0.1, 0.15) is 5.56 Å². The summed E-state index contributed by atoms with van der Waals surface area (Å²) < 4.78 is 5.66. The fraction of sp³-hybridized carbons (Fsp3) is 0.0769. The van der Waals surface area contributed by atoms with Crippen LogP contribution in [0.15, 0.2) is 48.5 Å². The van der Waals surface area contributed by atoms with Crippen molar-refractivity contribution >= 4 is 11.6 Å². The smallest absolute Gasteiger partial charge is 0.146 e. The van der Waals surface area contributed by atoms with Crippen molar-refractivity contribution in [3.63, 3.8) is 0 Å². The summed E-state index contributed by atoms with van der Waals surface area (Å²) in [5.41, 5.74) is 6.56. The molecule has 0 radical (unpaired) electrons. The van der Waals surface area contributed by atoms with E-state index in [4.69, 9.17) is 22.1 Å². The van der Waals surface area contributed by atoms with Crippen LogP contribution in [0, 0.1) is 0 Å². The molecule has 0 fully saturated rings. The first-order valence-corrected chi connectivity index (χ1v) is 5.39. The molecule has 2 nitrogen and oxygen atoms in total. The molecule has 0 aliphatic carbocycles. The summed E-state index contributed by atoms with van der Waals surface area (Å²) in [6.07, 6.45) is 0. The Labute approximate surface area is 99.6 Å². The predicted molar refractivity (Wildman–Crippen MR) is 65.9 cm³/mol. The maximum absolute atomic E-state index is 6.04. The van der Waals surface area contributed by atoms with Gasteiger partial charge in [0.15, 0.2) is 0 Å². The van der Waals surface area contributed by atoms with Gasteiger partial charge in [-0.2, -0.15) is 0 Å². The lowest BCUT2D eigenvalue weighted by atomic mass is 10.2. The summed E-state index contributed by atoms with van der Waals surface area (Å²) in [6, 6.07) is 15.1. The second-order valence-electron chi connectivity index (χ2n) is 3.38. The van der Waals surface area contributed by atoms with E-state index in [0.29, 0.717) is 17.3 Å². The second kappa shape index (κ2) is 5.01. The molecule has 0 spiro atoms. The predicted octanol–water partition coefficient (Wildman–Crippen LogP) is 3.59. The van der Waals surface area contributed by atoms with Crippen molar-refractivity contribution in [2.75, 3.05) is 0 Å². The highest BCUT2D eigenvalue weighted by Gasteiger charge is 2.03. The van der Waals surface area contributed by atoms with Gasteiger partial charge in [-0.3, -0.25) is 0 Å². The van der Waals surface area contributed by atoms with Gasteiger partial charge in [0.25, 0.3) is 0 Å². The fourth-order valence-corrected chi connectivity index (χ4v) is 1.52. The van der Waals surface area contributed by atoms with Crippen molar-refractivity contribution in [1.29, 1.82) is 0 Å². The molecule has 16 heavy (non-hydrogen) atoms. The van der Waals surface area contributed by atoms with E-state index in [9.17, 15) is 0 Å². The topological polar surface area (TPSA) is 35.2 Å². The molecular weight excluding hydrogens is 222 g/mol. The number of halogens is 1. The van der Waals surface area contributed by atoms with Gasteiger partial charge in [0, 0.05) is 6.54 Å². The maximum atomic E-state index is 6.04. The Morgan fingerprint density at radius 2 is 1.81 bits per heavy atom.